The summed E-state index contributed by atoms with van der Waals surface area (Å²) in [7, 11) is 0. The molecule has 0 bridgehead atoms. The van der Waals surface area contributed by atoms with Crippen LogP contribution in [0.2, 0.25) is 5.02 Å². The van der Waals surface area contributed by atoms with Gasteiger partial charge in [-0.05, 0) is 50.1 Å². The quantitative estimate of drug-likeness (QED) is 0.607. The lowest BCUT2D eigenvalue weighted by Crippen LogP contribution is -2.18. The smallest absolute Gasteiger partial charge is 0.140 e. The average Bonchev–Trinajstić information content (AvgIpc) is 2.97. The van der Waals surface area contributed by atoms with Crippen molar-refractivity contribution in [3.63, 3.8) is 0 Å². The fourth-order valence-electron chi connectivity index (χ4n) is 2.77. The third-order valence-corrected chi connectivity index (χ3v) is 4.82. The zero-order chi connectivity index (χ0) is 18.5. The Kier molecular flexibility index (Phi) is 5.96. The van der Waals surface area contributed by atoms with Gasteiger partial charge >= 0.3 is 0 Å². The second-order valence-electron chi connectivity index (χ2n) is 6.36. The number of ether oxygens (including phenoxy) is 1. The number of rotatable bonds is 7. The SMILES string of the molecule is Cc1noc(C)c1COc1ccc(CNC(C)c2ccccc2Cl)cc1. The minimum atomic E-state index is 0.180. The van der Waals surface area contributed by atoms with E-state index in [0.717, 1.165) is 39.9 Å². The van der Waals surface area contributed by atoms with Crippen molar-refractivity contribution in [2.75, 3.05) is 0 Å². The van der Waals surface area contributed by atoms with Gasteiger partial charge in [-0.1, -0.05) is 47.1 Å². The Bertz CT molecular complexity index is 839. The van der Waals surface area contributed by atoms with Crippen LogP contribution in [0.5, 0.6) is 5.75 Å². The van der Waals surface area contributed by atoms with Gasteiger partial charge in [0.05, 0.1) is 11.3 Å². The van der Waals surface area contributed by atoms with Crippen molar-refractivity contribution < 1.29 is 9.26 Å². The van der Waals surface area contributed by atoms with Crippen LogP contribution in [0.4, 0.5) is 0 Å². The largest absolute Gasteiger partial charge is 0.489 e. The monoisotopic (exact) mass is 370 g/mol. The molecule has 136 valence electrons. The third-order valence-electron chi connectivity index (χ3n) is 4.47. The average molecular weight is 371 g/mol. The topological polar surface area (TPSA) is 47.3 Å². The molecule has 0 spiro atoms. The molecule has 0 saturated heterocycles. The maximum atomic E-state index is 6.25. The summed E-state index contributed by atoms with van der Waals surface area (Å²) in [6.45, 7) is 7.15. The first-order chi connectivity index (χ1) is 12.5. The summed E-state index contributed by atoms with van der Waals surface area (Å²) in [5.41, 5.74) is 4.17. The zero-order valence-electron chi connectivity index (χ0n) is 15.3. The van der Waals surface area contributed by atoms with Crippen molar-refractivity contribution >= 4 is 11.6 Å². The molecule has 2 aromatic carbocycles. The Morgan fingerprint density at radius 2 is 1.85 bits per heavy atom. The van der Waals surface area contributed by atoms with Gasteiger partial charge in [0.15, 0.2) is 0 Å². The van der Waals surface area contributed by atoms with Crippen molar-refractivity contribution in [2.45, 2.75) is 40.0 Å². The minimum Gasteiger partial charge on any atom is -0.489 e. The second kappa shape index (κ2) is 8.39. The molecule has 5 heteroatoms. The molecule has 1 aromatic heterocycles. The van der Waals surface area contributed by atoms with E-state index in [2.05, 4.69) is 29.5 Å². The van der Waals surface area contributed by atoms with Crippen LogP contribution in [0, 0.1) is 13.8 Å². The summed E-state index contributed by atoms with van der Waals surface area (Å²) in [4.78, 5) is 0. The number of nitrogens with one attached hydrogen (secondary N) is 1. The molecule has 0 fully saturated rings. The molecule has 0 radical (unpaired) electrons. The minimum absolute atomic E-state index is 0.180. The fourth-order valence-corrected chi connectivity index (χ4v) is 3.07. The lowest BCUT2D eigenvalue weighted by Gasteiger charge is -2.16. The first kappa shape index (κ1) is 18.5. The summed E-state index contributed by atoms with van der Waals surface area (Å²) >= 11 is 6.25. The van der Waals surface area contributed by atoms with Crippen molar-refractivity contribution in [2.24, 2.45) is 0 Å². The maximum absolute atomic E-state index is 6.25. The van der Waals surface area contributed by atoms with Gasteiger partial charge in [-0.2, -0.15) is 0 Å². The van der Waals surface area contributed by atoms with E-state index in [4.69, 9.17) is 20.9 Å². The maximum Gasteiger partial charge on any atom is 0.140 e. The van der Waals surface area contributed by atoms with Crippen LogP contribution in [0.3, 0.4) is 0 Å². The van der Waals surface area contributed by atoms with Gasteiger partial charge in [0, 0.05) is 17.6 Å². The Morgan fingerprint density at radius 3 is 2.50 bits per heavy atom. The van der Waals surface area contributed by atoms with Gasteiger partial charge in [0.1, 0.15) is 18.1 Å². The van der Waals surface area contributed by atoms with Gasteiger partial charge in [0.2, 0.25) is 0 Å². The van der Waals surface area contributed by atoms with Crippen molar-refractivity contribution in [1.82, 2.24) is 10.5 Å². The van der Waals surface area contributed by atoms with Gasteiger partial charge in [0.25, 0.3) is 0 Å². The Balaban J connectivity index is 1.54. The van der Waals surface area contributed by atoms with E-state index in [-0.39, 0.29) is 6.04 Å². The number of aryl methyl sites for hydroxylation is 2. The first-order valence-electron chi connectivity index (χ1n) is 8.66. The van der Waals surface area contributed by atoms with Crippen LogP contribution in [0.15, 0.2) is 53.1 Å². The standard InChI is InChI=1S/C21H23ClN2O2/c1-14(19-6-4-5-7-21(19)22)23-12-17-8-10-18(11-9-17)25-13-20-15(2)24-26-16(20)3/h4-11,14,23H,12-13H2,1-3H3. The van der Waals surface area contributed by atoms with Crippen LogP contribution < -0.4 is 10.1 Å². The van der Waals surface area contributed by atoms with E-state index in [9.17, 15) is 0 Å². The summed E-state index contributed by atoms with van der Waals surface area (Å²) in [5.74, 6) is 1.63. The van der Waals surface area contributed by atoms with Gasteiger partial charge in [-0.3, -0.25) is 0 Å². The number of nitrogens with zero attached hydrogens (tertiary/aromatic N) is 1. The summed E-state index contributed by atoms with van der Waals surface area (Å²) < 4.78 is 11.0. The normalized spacial score (nSPS) is 12.2. The number of hydrogen-bond acceptors (Lipinski definition) is 4. The fraction of sp³-hybridized carbons (Fsp3) is 0.286. The van der Waals surface area contributed by atoms with E-state index in [1.54, 1.807) is 0 Å². The third kappa shape index (κ3) is 4.45. The lowest BCUT2D eigenvalue weighted by atomic mass is 10.1. The molecule has 4 nitrogen and oxygen atoms in total. The van der Waals surface area contributed by atoms with E-state index in [0.29, 0.717) is 6.61 Å². The molecule has 26 heavy (non-hydrogen) atoms. The van der Waals surface area contributed by atoms with Crippen LogP contribution >= 0.6 is 11.6 Å². The molecular weight excluding hydrogens is 348 g/mol. The molecule has 1 heterocycles. The molecule has 3 rings (SSSR count). The van der Waals surface area contributed by atoms with E-state index >= 15 is 0 Å². The Labute approximate surface area is 159 Å². The molecular formula is C21H23ClN2O2. The molecule has 1 N–H and O–H groups in total. The first-order valence-corrected chi connectivity index (χ1v) is 9.03. The summed E-state index contributed by atoms with van der Waals surface area (Å²) in [5, 5.41) is 8.23. The Morgan fingerprint density at radius 1 is 1.12 bits per heavy atom. The summed E-state index contributed by atoms with van der Waals surface area (Å²) in [6.07, 6.45) is 0. The molecule has 0 aliphatic rings. The highest BCUT2D eigenvalue weighted by Gasteiger charge is 2.10. The van der Waals surface area contributed by atoms with Crippen molar-refractivity contribution in [3.05, 3.63) is 81.7 Å². The van der Waals surface area contributed by atoms with Crippen LogP contribution in [0.1, 0.15) is 41.1 Å². The Hall–Kier alpha value is -2.30. The number of aromatic nitrogens is 1. The molecule has 0 amide bonds. The lowest BCUT2D eigenvalue weighted by molar-refractivity contribution is 0.301. The molecule has 3 aromatic rings. The van der Waals surface area contributed by atoms with Crippen LogP contribution in [0.25, 0.3) is 0 Å². The predicted molar refractivity (Wildman–Crippen MR) is 103 cm³/mol. The predicted octanol–water partition coefficient (Wildman–Crippen LogP) is 5.37. The highest BCUT2D eigenvalue weighted by Crippen LogP contribution is 2.23. The van der Waals surface area contributed by atoms with E-state index in [1.165, 1.54) is 5.56 Å². The molecule has 1 atom stereocenters. The molecule has 0 aliphatic carbocycles. The van der Waals surface area contributed by atoms with Gasteiger partial charge < -0.3 is 14.6 Å². The summed E-state index contributed by atoms with van der Waals surface area (Å²) in [6, 6.07) is 16.2. The van der Waals surface area contributed by atoms with Gasteiger partial charge in [-0.25, -0.2) is 0 Å². The van der Waals surface area contributed by atoms with Gasteiger partial charge in [-0.15, -0.1) is 0 Å². The molecule has 0 saturated carbocycles. The second-order valence-corrected chi connectivity index (χ2v) is 6.77. The number of hydrogen-bond donors (Lipinski definition) is 1. The van der Waals surface area contributed by atoms with Crippen molar-refractivity contribution in [1.29, 1.82) is 0 Å². The number of halogens is 1. The molecule has 0 aliphatic heterocycles. The van der Waals surface area contributed by atoms with Crippen LogP contribution in [-0.2, 0) is 13.2 Å². The highest BCUT2D eigenvalue weighted by molar-refractivity contribution is 6.31. The van der Waals surface area contributed by atoms with Crippen molar-refractivity contribution in [3.8, 4) is 5.75 Å². The van der Waals surface area contributed by atoms with Crippen LogP contribution in [-0.4, -0.2) is 5.16 Å². The zero-order valence-corrected chi connectivity index (χ0v) is 16.0. The number of benzene rings is 2. The highest BCUT2D eigenvalue weighted by atomic mass is 35.5. The van der Waals surface area contributed by atoms with E-state index in [1.807, 2.05) is 50.2 Å². The molecule has 1 unspecified atom stereocenters. The van der Waals surface area contributed by atoms with E-state index < -0.39 is 0 Å².